The fourth-order valence-electron chi connectivity index (χ4n) is 3.19. The third-order valence-electron chi connectivity index (χ3n) is 4.73. The summed E-state index contributed by atoms with van der Waals surface area (Å²) in [6.07, 6.45) is 2.52. The molecule has 1 aromatic heterocycles. The highest BCUT2D eigenvalue weighted by atomic mass is 16.5. The van der Waals surface area contributed by atoms with Crippen molar-refractivity contribution in [2.75, 3.05) is 18.5 Å². The summed E-state index contributed by atoms with van der Waals surface area (Å²) in [5.41, 5.74) is 7.42. The molecule has 4 aromatic rings. The first-order chi connectivity index (χ1) is 14.7. The highest BCUT2D eigenvalue weighted by molar-refractivity contribution is 5.93. The van der Waals surface area contributed by atoms with E-state index in [1.807, 2.05) is 42.5 Å². The minimum absolute atomic E-state index is 0.447. The van der Waals surface area contributed by atoms with Crippen LogP contribution in [0, 0.1) is 0 Å². The topological polar surface area (TPSA) is 90.1 Å². The Kier molecular flexibility index (Phi) is 5.85. The van der Waals surface area contributed by atoms with Gasteiger partial charge in [0.25, 0.3) is 0 Å². The molecular weight excluding hydrogens is 376 g/mol. The number of hydrogen-bond acceptors (Lipinski definition) is 5. The molecule has 0 saturated carbocycles. The quantitative estimate of drug-likeness (QED) is 0.433. The van der Waals surface area contributed by atoms with Crippen LogP contribution in [0.15, 0.2) is 79.0 Å². The minimum Gasteiger partial charge on any atom is -0.493 e. The summed E-state index contributed by atoms with van der Waals surface area (Å²) in [6, 6.07) is 23.1. The van der Waals surface area contributed by atoms with E-state index in [0.717, 1.165) is 28.8 Å². The molecule has 0 radical (unpaired) electrons. The molecule has 0 bridgehead atoms. The number of benzene rings is 3. The van der Waals surface area contributed by atoms with Crippen molar-refractivity contribution in [2.45, 2.75) is 6.42 Å². The zero-order chi connectivity index (χ0) is 20.8. The van der Waals surface area contributed by atoms with Gasteiger partial charge in [0, 0.05) is 29.3 Å². The molecule has 150 valence electrons. The molecule has 30 heavy (non-hydrogen) atoms. The minimum atomic E-state index is -0.447. The van der Waals surface area contributed by atoms with E-state index in [0.29, 0.717) is 24.7 Å². The Morgan fingerprint density at radius 2 is 1.77 bits per heavy atom. The fourth-order valence-corrected chi connectivity index (χ4v) is 3.19. The number of ether oxygens (including phenoxy) is 1. The summed E-state index contributed by atoms with van der Waals surface area (Å²) >= 11 is 0. The van der Waals surface area contributed by atoms with E-state index in [1.165, 1.54) is 5.39 Å². The molecule has 0 atom stereocenters. The molecule has 6 heteroatoms. The van der Waals surface area contributed by atoms with Gasteiger partial charge in [0.2, 0.25) is 11.9 Å². The number of anilines is 1. The number of primary amides is 1. The second-order valence-corrected chi connectivity index (χ2v) is 6.81. The van der Waals surface area contributed by atoms with Crippen LogP contribution in [-0.2, 0) is 0 Å². The lowest BCUT2D eigenvalue weighted by atomic mass is 10.1. The predicted octanol–water partition coefficient (Wildman–Crippen LogP) is 4.28. The van der Waals surface area contributed by atoms with E-state index in [-0.39, 0.29) is 0 Å². The van der Waals surface area contributed by atoms with Crippen molar-refractivity contribution in [1.29, 1.82) is 0 Å². The maximum Gasteiger partial charge on any atom is 0.248 e. The van der Waals surface area contributed by atoms with Gasteiger partial charge in [-0.25, -0.2) is 9.97 Å². The van der Waals surface area contributed by atoms with Gasteiger partial charge in [0.05, 0.1) is 12.3 Å². The molecule has 0 fully saturated rings. The van der Waals surface area contributed by atoms with Crippen molar-refractivity contribution in [3.63, 3.8) is 0 Å². The second-order valence-electron chi connectivity index (χ2n) is 6.81. The van der Waals surface area contributed by atoms with E-state index in [1.54, 1.807) is 18.3 Å². The maximum atomic E-state index is 11.2. The normalized spacial score (nSPS) is 10.7. The number of rotatable bonds is 8. The first kappa shape index (κ1) is 19.4. The van der Waals surface area contributed by atoms with Crippen LogP contribution >= 0.6 is 0 Å². The smallest absolute Gasteiger partial charge is 0.248 e. The largest absolute Gasteiger partial charge is 0.493 e. The number of nitrogens with zero attached hydrogens (tertiary/aromatic N) is 2. The number of aromatic nitrogens is 2. The standard InChI is InChI=1S/C24H22N4O2/c25-23(29)19-11-9-18(10-12-19)21-13-15-27-24(28-21)26-14-4-16-30-22-8-3-6-17-5-1-2-7-20(17)22/h1-3,5-13,15H,4,14,16H2,(H2,25,29)(H,26,27,28). The molecule has 0 unspecified atom stereocenters. The first-order valence-electron chi connectivity index (χ1n) is 9.78. The molecule has 0 saturated heterocycles. The van der Waals surface area contributed by atoms with Gasteiger partial charge in [0.15, 0.2) is 0 Å². The van der Waals surface area contributed by atoms with Crippen molar-refractivity contribution >= 4 is 22.6 Å². The van der Waals surface area contributed by atoms with Gasteiger partial charge in [-0.15, -0.1) is 0 Å². The average molecular weight is 398 g/mol. The SMILES string of the molecule is NC(=O)c1ccc(-c2ccnc(NCCCOc3cccc4ccccc34)n2)cc1. The summed E-state index contributed by atoms with van der Waals surface area (Å²) in [5, 5.41) is 5.52. The molecule has 3 aromatic carbocycles. The van der Waals surface area contributed by atoms with Crippen LogP contribution < -0.4 is 15.8 Å². The predicted molar refractivity (Wildman–Crippen MR) is 119 cm³/mol. The van der Waals surface area contributed by atoms with Gasteiger partial charge in [-0.05, 0) is 36.1 Å². The Bertz CT molecular complexity index is 1150. The van der Waals surface area contributed by atoms with Crippen LogP contribution in [0.4, 0.5) is 5.95 Å². The van der Waals surface area contributed by atoms with Gasteiger partial charge < -0.3 is 15.8 Å². The number of carbonyl (C=O) groups excluding carboxylic acids is 1. The van der Waals surface area contributed by atoms with Gasteiger partial charge in [-0.2, -0.15) is 0 Å². The van der Waals surface area contributed by atoms with Crippen molar-refractivity contribution in [2.24, 2.45) is 5.73 Å². The van der Waals surface area contributed by atoms with E-state index in [2.05, 4.69) is 33.5 Å². The molecular formula is C24H22N4O2. The Balaban J connectivity index is 1.31. The molecule has 4 rings (SSSR count). The number of nitrogens with two attached hydrogens (primary N) is 1. The Labute approximate surface area is 174 Å². The van der Waals surface area contributed by atoms with E-state index < -0.39 is 5.91 Å². The molecule has 6 nitrogen and oxygen atoms in total. The zero-order valence-electron chi connectivity index (χ0n) is 16.4. The number of amides is 1. The van der Waals surface area contributed by atoms with Crippen molar-refractivity contribution in [1.82, 2.24) is 9.97 Å². The van der Waals surface area contributed by atoms with Crippen LogP contribution in [0.25, 0.3) is 22.0 Å². The lowest BCUT2D eigenvalue weighted by Gasteiger charge is -2.10. The third kappa shape index (κ3) is 4.55. The van der Waals surface area contributed by atoms with E-state index in [9.17, 15) is 4.79 Å². The monoisotopic (exact) mass is 398 g/mol. The molecule has 1 heterocycles. The molecule has 0 aliphatic heterocycles. The van der Waals surface area contributed by atoms with Gasteiger partial charge in [-0.1, -0.05) is 48.5 Å². The molecule has 1 amide bonds. The van der Waals surface area contributed by atoms with Crippen LogP contribution in [0.3, 0.4) is 0 Å². The van der Waals surface area contributed by atoms with Crippen LogP contribution in [0.1, 0.15) is 16.8 Å². The lowest BCUT2D eigenvalue weighted by Crippen LogP contribution is -2.10. The van der Waals surface area contributed by atoms with Crippen LogP contribution in [0.5, 0.6) is 5.75 Å². The molecule has 3 N–H and O–H groups in total. The summed E-state index contributed by atoms with van der Waals surface area (Å²) < 4.78 is 5.96. The number of nitrogens with one attached hydrogen (secondary N) is 1. The Morgan fingerprint density at radius 1 is 0.967 bits per heavy atom. The molecule has 0 spiro atoms. The highest BCUT2D eigenvalue weighted by Crippen LogP contribution is 2.25. The summed E-state index contributed by atoms with van der Waals surface area (Å²) in [7, 11) is 0. The Morgan fingerprint density at radius 3 is 2.60 bits per heavy atom. The molecule has 0 aliphatic rings. The summed E-state index contributed by atoms with van der Waals surface area (Å²) in [4.78, 5) is 20.0. The van der Waals surface area contributed by atoms with Gasteiger partial charge in [0.1, 0.15) is 5.75 Å². The van der Waals surface area contributed by atoms with Crippen molar-refractivity contribution < 1.29 is 9.53 Å². The summed E-state index contributed by atoms with van der Waals surface area (Å²) in [6.45, 7) is 1.28. The van der Waals surface area contributed by atoms with E-state index in [4.69, 9.17) is 10.5 Å². The zero-order valence-corrected chi connectivity index (χ0v) is 16.4. The average Bonchev–Trinajstić information content (AvgIpc) is 2.79. The van der Waals surface area contributed by atoms with Crippen molar-refractivity contribution in [3.05, 3.63) is 84.6 Å². The maximum absolute atomic E-state index is 11.2. The number of hydrogen-bond donors (Lipinski definition) is 2. The number of fused-ring (bicyclic) bond motifs is 1. The van der Waals surface area contributed by atoms with Gasteiger partial charge in [-0.3, -0.25) is 4.79 Å². The van der Waals surface area contributed by atoms with Gasteiger partial charge >= 0.3 is 0 Å². The van der Waals surface area contributed by atoms with Crippen LogP contribution in [-0.4, -0.2) is 29.0 Å². The van der Waals surface area contributed by atoms with Crippen molar-refractivity contribution in [3.8, 4) is 17.0 Å². The highest BCUT2D eigenvalue weighted by Gasteiger charge is 2.05. The Hall–Kier alpha value is -3.93. The first-order valence-corrected chi connectivity index (χ1v) is 9.78. The lowest BCUT2D eigenvalue weighted by molar-refractivity contribution is 0.100. The second kappa shape index (κ2) is 9.05. The molecule has 0 aliphatic carbocycles. The summed E-state index contributed by atoms with van der Waals surface area (Å²) in [5.74, 6) is 1.000. The van der Waals surface area contributed by atoms with E-state index >= 15 is 0 Å². The third-order valence-corrected chi connectivity index (χ3v) is 4.73. The number of carbonyl (C=O) groups is 1. The fraction of sp³-hybridized carbons (Fsp3) is 0.125. The van der Waals surface area contributed by atoms with Crippen LogP contribution in [0.2, 0.25) is 0 Å².